The van der Waals surface area contributed by atoms with E-state index in [0.717, 1.165) is 51.4 Å². The van der Waals surface area contributed by atoms with Crippen molar-refractivity contribution >= 4 is 12.0 Å². The minimum Gasteiger partial charge on any atom is -0.444 e. The molecule has 0 saturated carbocycles. The number of aryl methyl sites for hydroxylation is 2. The van der Waals surface area contributed by atoms with E-state index in [4.69, 9.17) is 4.74 Å². The fourth-order valence-corrected chi connectivity index (χ4v) is 5.04. The molecule has 40 heavy (non-hydrogen) atoms. The molecule has 1 atom stereocenters. The summed E-state index contributed by atoms with van der Waals surface area (Å²) in [4.78, 5) is 39.1. The zero-order valence-electron chi connectivity index (χ0n) is 24.9. The van der Waals surface area contributed by atoms with Crippen LogP contribution in [0.1, 0.15) is 76.8 Å². The minimum absolute atomic E-state index is 0.0448. The first-order chi connectivity index (χ1) is 19.1. The van der Waals surface area contributed by atoms with Gasteiger partial charge in [0, 0.05) is 44.9 Å². The standard InChI is InChI=1S/C33H46N4O3/c1-33(2,3)40-32(39)37(5)30(23-26-13-7-6-8-14-26)31(38)36(4)29(19-9-15-27-17-11-21-34-24-27)20-10-16-28-18-12-22-35-25-28/h6-7,11-13,17-18,21-22,24-25,29-30H,8-10,14-16,19-20,23H2,1-5H3. The van der Waals surface area contributed by atoms with Crippen molar-refractivity contribution < 1.29 is 14.3 Å². The molecule has 1 aliphatic carbocycles. The Kier molecular flexibility index (Phi) is 11.9. The number of allylic oxidation sites excluding steroid dienone is 3. The SMILES string of the molecule is CN(C(=O)C(CC1=CC=CCC1)N(C)C(=O)OC(C)(C)C)C(CCCc1cccnc1)CCCc1cccnc1. The quantitative estimate of drug-likeness (QED) is 0.285. The van der Waals surface area contributed by atoms with E-state index >= 15 is 0 Å². The van der Waals surface area contributed by atoms with Gasteiger partial charge in [0.05, 0.1) is 0 Å². The Morgan fingerprint density at radius 1 is 0.950 bits per heavy atom. The lowest BCUT2D eigenvalue weighted by Gasteiger charge is -2.36. The monoisotopic (exact) mass is 546 g/mol. The Labute approximate surface area is 240 Å². The summed E-state index contributed by atoms with van der Waals surface area (Å²) >= 11 is 0. The van der Waals surface area contributed by atoms with E-state index in [0.29, 0.717) is 6.42 Å². The average molecular weight is 547 g/mol. The number of hydrogen-bond donors (Lipinski definition) is 0. The van der Waals surface area contributed by atoms with Crippen LogP contribution in [0.15, 0.2) is 72.9 Å². The lowest BCUT2D eigenvalue weighted by atomic mass is 9.95. The first kappa shape index (κ1) is 31.1. The number of rotatable bonds is 13. The van der Waals surface area contributed by atoms with Gasteiger partial charge in [-0.05, 0) is 102 Å². The summed E-state index contributed by atoms with van der Waals surface area (Å²) < 4.78 is 5.66. The van der Waals surface area contributed by atoms with Gasteiger partial charge in [-0.15, -0.1) is 0 Å². The Balaban J connectivity index is 1.76. The van der Waals surface area contributed by atoms with Gasteiger partial charge in [-0.25, -0.2) is 4.79 Å². The normalized spacial score (nSPS) is 14.0. The van der Waals surface area contributed by atoms with Crippen molar-refractivity contribution in [3.63, 3.8) is 0 Å². The van der Waals surface area contributed by atoms with Crippen LogP contribution < -0.4 is 0 Å². The molecule has 2 aromatic rings. The van der Waals surface area contributed by atoms with Crippen LogP contribution in [0.5, 0.6) is 0 Å². The molecule has 0 bridgehead atoms. The van der Waals surface area contributed by atoms with E-state index in [-0.39, 0.29) is 11.9 Å². The summed E-state index contributed by atoms with van der Waals surface area (Å²) in [6.45, 7) is 5.53. The molecule has 0 N–H and O–H groups in total. The zero-order valence-corrected chi connectivity index (χ0v) is 24.9. The average Bonchev–Trinajstić information content (AvgIpc) is 2.95. The van der Waals surface area contributed by atoms with Crippen LogP contribution in [0.25, 0.3) is 0 Å². The second-order valence-corrected chi connectivity index (χ2v) is 11.7. The fraction of sp³-hybridized carbons (Fsp3) is 0.515. The lowest BCUT2D eigenvalue weighted by molar-refractivity contribution is -0.137. The fourth-order valence-electron chi connectivity index (χ4n) is 5.04. The summed E-state index contributed by atoms with van der Waals surface area (Å²) in [5.41, 5.74) is 2.93. The predicted molar refractivity (Wildman–Crippen MR) is 160 cm³/mol. The topological polar surface area (TPSA) is 75.6 Å². The number of carbonyl (C=O) groups is 2. The molecule has 2 amide bonds. The Morgan fingerprint density at radius 2 is 1.55 bits per heavy atom. The molecule has 1 unspecified atom stereocenters. The van der Waals surface area contributed by atoms with Gasteiger partial charge in [-0.1, -0.05) is 35.9 Å². The van der Waals surface area contributed by atoms with E-state index < -0.39 is 17.7 Å². The van der Waals surface area contributed by atoms with Gasteiger partial charge < -0.3 is 9.64 Å². The highest BCUT2D eigenvalue weighted by Crippen LogP contribution is 2.24. The second kappa shape index (κ2) is 15.3. The zero-order chi connectivity index (χ0) is 29.0. The van der Waals surface area contributed by atoms with Crippen molar-refractivity contribution in [1.82, 2.24) is 19.8 Å². The molecule has 2 heterocycles. The molecule has 0 fully saturated rings. The second-order valence-electron chi connectivity index (χ2n) is 11.7. The highest BCUT2D eigenvalue weighted by molar-refractivity contribution is 5.86. The van der Waals surface area contributed by atoms with Crippen LogP contribution in [0.4, 0.5) is 4.79 Å². The maximum absolute atomic E-state index is 14.1. The molecular weight excluding hydrogens is 500 g/mol. The van der Waals surface area contributed by atoms with E-state index in [1.807, 2.05) is 63.3 Å². The predicted octanol–water partition coefficient (Wildman–Crippen LogP) is 6.55. The van der Waals surface area contributed by atoms with E-state index in [1.54, 1.807) is 19.4 Å². The van der Waals surface area contributed by atoms with Crippen molar-refractivity contribution in [2.24, 2.45) is 0 Å². The van der Waals surface area contributed by atoms with Crippen molar-refractivity contribution in [1.29, 1.82) is 0 Å². The van der Waals surface area contributed by atoms with Crippen LogP contribution in [0, 0.1) is 0 Å². The number of amides is 2. The molecule has 7 heteroatoms. The molecule has 0 aromatic carbocycles. The molecular formula is C33H46N4O3. The lowest BCUT2D eigenvalue weighted by Crippen LogP contribution is -2.52. The third kappa shape index (κ3) is 10.2. The number of aromatic nitrogens is 2. The summed E-state index contributed by atoms with van der Waals surface area (Å²) in [6, 6.07) is 7.53. The Bertz CT molecular complexity index is 1080. The molecule has 2 aromatic heterocycles. The molecule has 3 rings (SSSR count). The molecule has 1 aliphatic rings. The highest BCUT2D eigenvalue weighted by atomic mass is 16.6. The van der Waals surface area contributed by atoms with Gasteiger partial charge in [-0.3, -0.25) is 19.7 Å². The van der Waals surface area contributed by atoms with Gasteiger partial charge in [-0.2, -0.15) is 0 Å². The number of pyridine rings is 2. The van der Waals surface area contributed by atoms with Crippen LogP contribution in [-0.2, 0) is 22.4 Å². The maximum atomic E-state index is 14.1. The summed E-state index contributed by atoms with van der Waals surface area (Å²) in [5, 5.41) is 0. The summed E-state index contributed by atoms with van der Waals surface area (Å²) in [7, 11) is 3.58. The van der Waals surface area contributed by atoms with Crippen LogP contribution in [0.3, 0.4) is 0 Å². The molecule has 0 saturated heterocycles. The van der Waals surface area contributed by atoms with Crippen molar-refractivity contribution in [3.05, 3.63) is 84.0 Å². The van der Waals surface area contributed by atoms with Crippen LogP contribution in [0.2, 0.25) is 0 Å². The molecule has 0 aliphatic heterocycles. The molecule has 7 nitrogen and oxygen atoms in total. The summed E-state index contributed by atoms with van der Waals surface area (Å²) in [6.07, 6.45) is 21.0. The van der Waals surface area contributed by atoms with E-state index in [2.05, 4.69) is 34.3 Å². The Morgan fingerprint density at radius 3 is 2.02 bits per heavy atom. The largest absolute Gasteiger partial charge is 0.444 e. The van der Waals surface area contributed by atoms with Crippen LogP contribution in [-0.4, -0.2) is 63.5 Å². The van der Waals surface area contributed by atoms with Crippen molar-refractivity contribution in [3.8, 4) is 0 Å². The van der Waals surface area contributed by atoms with Gasteiger partial charge in [0.2, 0.25) is 5.91 Å². The maximum Gasteiger partial charge on any atom is 0.410 e. The smallest absolute Gasteiger partial charge is 0.410 e. The van der Waals surface area contributed by atoms with E-state index in [1.165, 1.54) is 21.6 Å². The van der Waals surface area contributed by atoms with Gasteiger partial charge in [0.1, 0.15) is 11.6 Å². The third-order valence-electron chi connectivity index (χ3n) is 7.34. The van der Waals surface area contributed by atoms with Crippen molar-refractivity contribution in [2.45, 2.75) is 96.2 Å². The number of likely N-dealkylation sites (N-methyl/N-ethyl adjacent to an activating group) is 2. The number of hydrogen-bond acceptors (Lipinski definition) is 5. The third-order valence-corrected chi connectivity index (χ3v) is 7.34. The van der Waals surface area contributed by atoms with Crippen molar-refractivity contribution in [2.75, 3.05) is 14.1 Å². The molecule has 216 valence electrons. The molecule has 0 spiro atoms. The first-order valence-corrected chi connectivity index (χ1v) is 14.5. The minimum atomic E-state index is -0.640. The number of carbonyl (C=O) groups excluding carboxylic acids is 2. The van der Waals surface area contributed by atoms with Crippen LogP contribution >= 0.6 is 0 Å². The van der Waals surface area contributed by atoms with Gasteiger partial charge in [0.15, 0.2) is 0 Å². The van der Waals surface area contributed by atoms with Gasteiger partial charge in [0.25, 0.3) is 0 Å². The van der Waals surface area contributed by atoms with E-state index in [9.17, 15) is 9.59 Å². The molecule has 0 radical (unpaired) electrons. The first-order valence-electron chi connectivity index (χ1n) is 14.5. The Hall–Kier alpha value is -3.48. The number of ether oxygens (including phenoxy) is 1. The highest BCUT2D eigenvalue weighted by Gasteiger charge is 2.34. The summed E-state index contributed by atoms with van der Waals surface area (Å²) in [5.74, 6) is -0.0448. The van der Waals surface area contributed by atoms with Gasteiger partial charge >= 0.3 is 6.09 Å². The number of nitrogens with zero attached hydrogens (tertiary/aromatic N) is 4.